The molecule has 2 heterocycles. The molecule has 2 aromatic carbocycles. The Bertz CT molecular complexity index is 1020. The highest BCUT2D eigenvalue weighted by atomic mass is 16.6. The summed E-state index contributed by atoms with van der Waals surface area (Å²) < 4.78 is 11.0. The SMILES string of the molecule is Cc1cc(C)cc(Nc2nccc(C(=O)Nc3ccc4c(c3)OCCO4)n2)c1. The molecular weight excluding hydrogens is 356 g/mol. The van der Waals surface area contributed by atoms with Gasteiger partial charge in [-0.25, -0.2) is 9.97 Å². The van der Waals surface area contributed by atoms with Gasteiger partial charge in [0.15, 0.2) is 11.5 Å². The minimum Gasteiger partial charge on any atom is -0.486 e. The van der Waals surface area contributed by atoms with Crippen LogP contribution < -0.4 is 20.1 Å². The number of rotatable bonds is 4. The Hall–Kier alpha value is -3.61. The summed E-state index contributed by atoms with van der Waals surface area (Å²) in [5, 5.41) is 5.97. The first-order valence-electron chi connectivity index (χ1n) is 8.96. The van der Waals surface area contributed by atoms with Crippen molar-refractivity contribution in [2.45, 2.75) is 13.8 Å². The zero-order valence-electron chi connectivity index (χ0n) is 15.7. The number of carbonyl (C=O) groups excluding carboxylic acids is 1. The molecule has 28 heavy (non-hydrogen) atoms. The lowest BCUT2D eigenvalue weighted by atomic mass is 10.1. The number of carbonyl (C=O) groups is 1. The molecule has 2 N–H and O–H groups in total. The predicted octanol–water partition coefficient (Wildman–Crippen LogP) is 3.86. The van der Waals surface area contributed by atoms with Gasteiger partial charge >= 0.3 is 0 Å². The maximum absolute atomic E-state index is 12.6. The molecule has 4 rings (SSSR count). The molecule has 7 heteroatoms. The van der Waals surface area contributed by atoms with E-state index in [-0.39, 0.29) is 11.6 Å². The largest absolute Gasteiger partial charge is 0.486 e. The molecule has 1 aliphatic rings. The summed E-state index contributed by atoms with van der Waals surface area (Å²) in [7, 11) is 0. The van der Waals surface area contributed by atoms with E-state index >= 15 is 0 Å². The molecule has 1 amide bonds. The van der Waals surface area contributed by atoms with Crippen molar-refractivity contribution in [3.63, 3.8) is 0 Å². The van der Waals surface area contributed by atoms with Gasteiger partial charge in [0.05, 0.1) is 0 Å². The van der Waals surface area contributed by atoms with Gasteiger partial charge in [-0.1, -0.05) is 6.07 Å². The molecule has 0 saturated carbocycles. The Morgan fingerprint density at radius 1 is 0.929 bits per heavy atom. The van der Waals surface area contributed by atoms with E-state index in [9.17, 15) is 4.79 Å². The van der Waals surface area contributed by atoms with E-state index in [0.29, 0.717) is 36.3 Å². The highest BCUT2D eigenvalue weighted by Gasteiger charge is 2.14. The molecule has 0 spiro atoms. The van der Waals surface area contributed by atoms with Crippen LogP contribution in [0.4, 0.5) is 17.3 Å². The van der Waals surface area contributed by atoms with Gasteiger partial charge in [-0.2, -0.15) is 0 Å². The normalized spacial score (nSPS) is 12.4. The number of ether oxygens (including phenoxy) is 2. The maximum Gasteiger partial charge on any atom is 0.274 e. The van der Waals surface area contributed by atoms with Crippen LogP contribution in [0.2, 0.25) is 0 Å². The number of amides is 1. The van der Waals surface area contributed by atoms with E-state index in [1.54, 1.807) is 30.5 Å². The predicted molar refractivity (Wildman–Crippen MR) is 107 cm³/mol. The average molecular weight is 376 g/mol. The fourth-order valence-corrected chi connectivity index (χ4v) is 3.04. The molecule has 7 nitrogen and oxygen atoms in total. The summed E-state index contributed by atoms with van der Waals surface area (Å²) in [6.45, 7) is 5.06. The minimum absolute atomic E-state index is 0.261. The molecule has 0 bridgehead atoms. The maximum atomic E-state index is 12.6. The summed E-state index contributed by atoms with van der Waals surface area (Å²) in [5.74, 6) is 1.32. The molecule has 0 radical (unpaired) electrons. The fourth-order valence-electron chi connectivity index (χ4n) is 3.04. The van der Waals surface area contributed by atoms with Crippen LogP contribution in [0.3, 0.4) is 0 Å². The van der Waals surface area contributed by atoms with Crippen LogP contribution in [0, 0.1) is 13.8 Å². The Balaban J connectivity index is 1.50. The van der Waals surface area contributed by atoms with Crippen molar-refractivity contribution in [2.24, 2.45) is 0 Å². The third-order valence-electron chi connectivity index (χ3n) is 4.17. The van der Waals surface area contributed by atoms with E-state index in [2.05, 4.69) is 26.7 Å². The molecule has 142 valence electrons. The standard InChI is InChI=1S/C21H20N4O3/c1-13-9-14(2)11-16(10-13)24-21-22-6-5-17(25-21)20(26)23-15-3-4-18-19(12-15)28-8-7-27-18/h3-6,9-12H,7-8H2,1-2H3,(H,23,26)(H,22,24,25). The van der Waals surface area contributed by atoms with Gasteiger partial charge in [-0.15, -0.1) is 0 Å². The van der Waals surface area contributed by atoms with E-state index < -0.39 is 0 Å². The van der Waals surface area contributed by atoms with Crippen molar-refractivity contribution >= 4 is 23.2 Å². The highest BCUT2D eigenvalue weighted by molar-refractivity contribution is 6.03. The molecule has 1 aliphatic heterocycles. The number of hydrogen-bond acceptors (Lipinski definition) is 6. The number of aromatic nitrogens is 2. The molecule has 0 fully saturated rings. The Morgan fingerprint density at radius 3 is 2.46 bits per heavy atom. The van der Waals surface area contributed by atoms with Crippen LogP contribution in [-0.2, 0) is 0 Å². The number of nitrogens with zero attached hydrogens (tertiary/aromatic N) is 2. The molecular formula is C21H20N4O3. The second-order valence-corrected chi connectivity index (χ2v) is 6.58. The lowest BCUT2D eigenvalue weighted by Crippen LogP contribution is -2.17. The van der Waals surface area contributed by atoms with E-state index in [1.165, 1.54) is 0 Å². The minimum atomic E-state index is -0.331. The number of aryl methyl sites for hydroxylation is 2. The lowest BCUT2D eigenvalue weighted by Gasteiger charge is -2.19. The Labute approximate surface area is 162 Å². The highest BCUT2D eigenvalue weighted by Crippen LogP contribution is 2.32. The van der Waals surface area contributed by atoms with Crippen molar-refractivity contribution in [2.75, 3.05) is 23.8 Å². The zero-order valence-corrected chi connectivity index (χ0v) is 15.7. The second kappa shape index (κ2) is 7.56. The third-order valence-corrected chi connectivity index (χ3v) is 4.17. The number of anilines is 3. The van der Waals surface area contributed by atoms with Gasteiger partial charge in [0.2, 0.25) is 5.95 Å². The molecule has 3 aromatic rings. The topological polar surface area (TPSA) is 85.4 Å². The average Bonchev–Trinajstić information content (AvgIpc) is 2.67. The number of benzene rings is 2. The Kier molecular flexibility index (Phi) is 4.80. The first-order chi connectivity index (χ1) is 13.6. The van der Waals surface area contributed by atoms with Gasteiger partial charge in [-0.05, 0) is 55.3 Å². The van der Waals surface area contributed by atoms with Crippen molar-refractivity contribution in [1.82, 2.24) is 9.97 Å². The van der Waals surface area contributed by atoms with Gasteiger partial charge in [0.1, 0.15) is 18.9 Å². The van der Waals surface area contributed by atoms with Crippen molar-refractivity contribution in [3.05, 3.63) is 65.5 Å². The second-order valence-electron chi connectivity index (χ2n) is 6.58. The molecule has 0 unspecified atom stereocenters. The third kappa shape index (κ3) is 4.03. The van der Waals surface area contributed by atoms with Crippen molar-refractivity contribution in [3.8, 4) is 11.5 Å². The summed E-state index contributed by atoms with van der Waals surface area (Å²) in [4.78, 5) is 21.1. The van der Waals surface area contributed by atoms with Gasteiger partial charge in [-0.3, -0.25) is 4.79 Å². The van der Waals surface area contributed by atoms with Crippen LogP contribution in [0.5, 0.6) is 11.5 Å². The Morgan fingerprint density at radius 2 is 1.68 bits per heavy atom. The zero-order chi connectivity index (χ0) is 19.5. The number of hydrogen-bond donors (Lipinski definition) is 2. The molecule has 1 aromatic heterocycles. The van der Waals surface area contributed by atoms with Crippen LogP contribution in [0.1, 0.15) is 21.6 Å². The van der Waals surface area contributed by atoms with E-state index in [0.717, 1.165) is 16.8 Å². The monoisotopic (exact) mass is 376 g/mol. The van der Waals surface area contributed by atoms with E-state index in [1.807, 2.05) is 26.0 Å². The number of nitrogens with one attached hydrogen (secondary N) is 2. The summed E-state index contributed by atoms with van der Waals surface area (Å²) in [5.41, 5.74) is 4.01. The van der Waals surface area contributed by atoms with Gasteiger partial charge < -0.3 is 20.1 Å². The van der Waals surface area contributed by atoms with Crippen molar-refractivity contribution < 1.29 is 14.3 Å². The van der Waals surface area contributed by atoms with Crippen LogP contribution in [0.15, 0.2) is 48.7 Å². The molecule has 0 aliphatic carbocycles. The van der Waals surface area contributed by atoms with E-state index in [4.69, 9.17) is 9.47 Å². The summed E-state index contributed by atoms with van der Waals surface area (Å²) in [6.07, 6.45) is 1.55. The van der Waals surface area contributed by atoms with Crippen LogP contribution in [0.25, 0.3) is 0 Å². The summed E-state index contributed by atoms with van der Waals surface area (Å²) >= 11 is 0. The lowest BCUT2D eigenvalue weighted by molar-refractivity contribution is 0.102. The molecule has 0 atom stereocenters. The number of fused-ring (bicyclic) bond motifs is 1. The smallest absolute Gasteiger partial charge is 0.274 e. The first kappa shape index (κ1) is 17.8. The first-order valence-corrected chi connectivity index (χ1v) is 8.96. The fraction of sp³-hybridized carbons (Fsp3) is 0.190. The van der Waals surface area contributed by atoms with Crippen LogP contribution in [-0.4, -0.2) is 29.1 Å². The van der Waals surface area contributed by atoms with Crippen LogP contribution >= 0.6 is 0 Å². The van der Waals surface area contributed by atoms with Gasteiger partial charge in [0.25, 0.3) is 5.91 Å². The van der Waals surface area contributed by atoms with Gasteiger partial charge in [0, 0.05) is 23.6 Å². The molecule has 0 saturated heterocycles. The quantitative estimate of drug-likeness (QED) is 0.719. The summed E-state index contributed by atoms with van der Waals surface area (Å²) in [6, 6.07) is 12.9. The van der Waals surface area contributed by atoms with Crippen molar-refractivity contribution in [1.29, 1.82) is 0 Å².